The van der Waals surface area contributed by atoms with Gasteiger partial charge in [-0.15, -0.1) is 0 Å². The lowest BCUT2D eigenvalue weighted by Gasteiger charge is -2.32. The highest BCUT2D eigenvalue weighted by molar-refractivity contribution is 5.90. The highest BCUT2D eigenvalue weighted by Crippen LogP contribution is 2.22. The van der Waals surface area contributed by atoms with Gasteiger partial charge in [-0.05, 0) is 77.2 Å². The average molecular weight is 463 g/mol. The minimum Gasteiger partial charge on any atom is -0.461 e. The third kappa shape index (κ3) is 7.59. The molecule has 0 aromatic carbocycles. The van der Waals surface area contributed by atoms with Gasteiger partial charge in [-0.2, -0.15) is 0 Å². The summed E-state index contributed by atoms with van der Waals surface area (Å²) in [5.41, 5.74) is 3.20. The predicted molar refractivity (Wildman–Crippen MR) is 129 cm³/mol. The van der Waals surface area contributed by atoms with Crippen molar-refractivity contribution in [3.8, 4) is 0 Å². The van der Waals surface area contributed by atoms with Crippen molar-refractivity contribution in [2.45, 2.75) is 66.7 Å². The number of likely N-dealkylation sites (tertiary alicyclic amines) is 1. The molecule has 1 fully saturated rings. The second kappa shape index (κ2) is 13.4. The summed E-state index contributed by atoms with van der Waals surface area (Å²) in [4.78, 5) is 44.9. The molecule has 8 heteroatoms. The normalized spacial score (nSPS) is 16.2. The summed E-state index contributed by atoms with van der Waals surface area (Å²) >= 11 is 0. The molecular weight excluding hydrogens is 420 g/mol. The highest BCUT2D eigenvalue weighted by Gasteiger charge is 2.28. The maximum absolute atomic E-state index is 12.9. The Bertz CT molecular complexity index is 801. The number of piperidine rings is 1. The monoisotopic (exact) mass is 462 g/mol. The van der Waals surface area contributed by atoms with E-state index in [0.717, 1.165) is 55.7 Å². The predicted octanol–water partition coefficient (Wildman–Crippen LogP) is 2.83. The number of hydrogen-bond donors (Lipinski definition) is 2. The van der Waals surface area contributed by atoms with Crippen molar-refractivity contribution in [2.75, 3.05) is 45.9 Å². The Balaban J connectivity index is 1.83. The van der Waals surface area contributed by atoms with Gasteiger partial charge in [0.2, 0.25) is 11.8 Å². The van der Waals surface area contributed by atoms with Gasteiger partial charge in [0.25, 0.3) is 0 Å². The van der Waals surface area contributed by atoms with E-state index in [1.54, 1.807) is 6.92 Å². The lowest BCUT2D eigenvalue weighted by molar-refractivity contribution is -0.135. The molecule has 1 unspecified atom stereocenters. The number of aromatic nitrogens is 1. The van der Waals surface area contributed by atoms with Crippen molar-refractivity contribution in [1.82, 2.24) is 20.1 Å². The number of carbonyl (C=O) groups is 3. The fourth-order valence-electron chi connectivity index (χ4n) is 4.58. The number of H-pyrrole nitrogens is 1. The van der Waals surface area contributed by atoms with E-state index in [9.17, 15) is 14.4 Å². The minimum absolute atomic E-state index is 0.0587. The fraction of sp³-hybridized carbons (Fsp3) is 0.720. The molecule has 0 bridgehead atoms. The third-order valence-corrected chi connectivity index (χ3v) is 6.65. The number of carbonyl (C=O) groups excluding carboxylic acids is 3. The molecule has 0 spiro atoms. The van der Waals surface area contributed by atoms with Gasteiger partial charge < -0.3 is 24.8 Å². The molecule has 8 nitrogen and oxygen atoms in total. The Morgan fingerprint density at radius 1 is 1.18 bits per heavy atom. The molecule has 1 aromatic heterocycles. The Morgan fingerprint density at radius 2 is 1.91 bits per heavy atom. The minimum atomic E-state index is -0.363. The SMILES string of the molecule is CCOC(=O)c1[nH]c(C)c(CCC(=O)N2CCCC(C(=O)NCCCN(CC)CC)C2)c1C. The number of nitrogens with zero attached hydrogens (tertiary/aromatic N) is 2. The Labute approximate surface area is 198 Å². The van der Waals surface area contributed by atoms with Gasteiger partial charge in [0.1, 0.15) is 5.69 Å². The van der Waals surface area contributed by atoms with Gasteiger partial charge in [0.05, 0.1) is 12.5 Å². The summed E-state index contributed by atoms with van der Waals surface area (Å²) in [6.07, 6.45) is 3.53. The van der Waals surface area contributed by atoms with Crippen molar-refractivity contribution in [3.05, 3.63) is 22.5 Å². The number of amides is 2. The van der Waals surface area contributed by atoms with Crippen molar-refractivity contribution < 1.29 is 19.1 Å². The van der Waals surface area contributed by atoms with Crippen molar-refractivity contribution in [1.29, 1.82) is 0 Å². The molecule has 0 aliphatic carbocycles. The summed E-state index contributed by atoms with van der Waals surface area (Å²) < 4.78 is 5.10. The van der Waals surface area contributed by atoms with Gasteiger partial charge in [-0.1, -0.05) is 13.8 Å². The second-order valence-corrected chi connectivity index (χ2v) is 8.80. The van der Waals surface area contributed by atoms with Crippen LogP contribution < -0.4 is 5.32 Å². The van der Waals surface area contributed by atoms with E-state index >= 15 is 0 Å². The standard InChI is InChI=1S/C25H42N4O4/c1-6-28(7-2)15-10-14-26-24(31)20-11-9-16-29(17-20)22(30)13-12-21-18(4)23(27-19(21)5)25(32)33-8-3/h20,27H,6-17H2,1-5H3,(H,26,31). The second-order valence-electron chi connectivity index (χ2n) is 8.80. The number of aryl methyl sites for hydroxylation is 1. The molecule has 2 amide bonds. The first-order valence-corrected chi connectivity index (χ1v) is 12.4. The van der Waals surface area contributed by atoms with Crippen LogP contribution in [-0.4, -0.2) is 78.4 Å². The van der Waals surface area contributed by atoms with Crippen LogP contribution in [0.15, 0.2) is 0 Å². The van der Waals surface area contributed by atoms with Crippen LogP contribution in [0.2, 0.25) is 0 Å². The lowest BCUT2D eigenvalue weighted by Crippen LogP contribution is -2.45. The van der Waals surface area contributed by atoms with Crippen LogP contribution in [0, 0.1) is 19.8 Å². The molecule has 1 aromatic rings. The van der Waals surface area contributed by atoms with Gasteiger partial charge in [0.15, 0.2) is 0 Å². The molecular formula is C25H42N4O4. The summed E-state index contributed by atoms with van der Waals surface area (Å²) in [5.74, 6) is -0.380. The number of aromatic amines is 1. The Hall–Kier alpha value is -2.35. The van der Waals surface area contributed by atoms with Crippen LogP contribution in [0.4, 0.5) is 0 Å². The molecule has 2 rings (SSSR count). The largest absolute Gasteiger partial charge is 0.461 e. The van der Waals surface area contributed by atoms with Crippen LogP contribution >= 0.6 is 0 Å². The first kappa shape index (κ1) is 26.9. The summed E-state index contributed by atoms with van der Waals surface area (Å²) in [7, 11) is 0. The number of esters is 1. The maximum Gasteiger partial charge on any atom is 0.355 e. The van der Waals surface area contributed by atoms with Crippen molar-refractivity contribution >= 4 is 17.8 Å². The lowest BCUT2D eigenvalue weighted by atomic mass is 9.96. The van der Waals surface area contributed by atoms with Crippen LogP contribution in [-0.2, 0) is 20.7 Å². The molecule has 0 radical (unpaired) electrons. The fourth-order valence-corrected chi connectivity index (χ4v) is 4.58. The average Bonchev–Trinajstić information content (AvgIpc) is 3.10. The molecule has 0 saturated carbocycles. The van der Waals surface area contributed by atoms with Crippen LogP contribution in [0.3, 0.4) is 0 Å². The van der Waals surface area contributed by atoms with E-state index < -0.39 is 0 Å². The number of ether oxygens (including phenoxy) is 1. The van der Waals surface area contributed by atoms with E-state index in [4.69, 9.17) is 4.74 Å². The van der Waals surface area contributed by atoms with Gasteiger partial charge in [0, 0.05) is 31.7 Å². The first-order valence-electron chi connectivity index (χ1n) is 12.4. The van der Waals surface area contributed by atoms with Crippen LogP contribution in [0.25, 0.3) is 0 Å². The molecule has 2 N–H and O–H groups in total. The van der Waals surface area contributed by atoms with Gasteiger partial charge >= 0.3 is 5.97 Å². The zero-order chi connectivity index (χ0) is 24.4. The first-order chi connectivity index (χ1) is 15.8. The molecule has 1 aliphatic rings. The zero-order valence-corrected chi connectivity index (χ0v) is 21.1. The molecule has 2 heterocycles. The van der Waals surface area contributed by atoms with E-state index in [1.165, 1.54) is 0 Å². The zero-order valence-electron chi connectivity index (χ0n) is 21.1. The van der Waals surface area contributed by atoms with Crippen LogP contribution in [0.5, 0.6) is 0 Å². The molecule has 186 valence electrons. The number of rotatable bonds is 12. The molecule has 1 atom stereocenters. The number of hydrogen-bond acceptors (Lipinski definition) is 5. The highest BCUT2D eigenvalue weighted by atomic mass is 16.5. The topological polar surface area (TPSA) is 94.7 Å². The van der Waals surface area contributed by atoms with E-state index in [-0.39, 0.29) is 23.7 Å². The van der Waals surface area contributed by atoms with E-state index in [2.05, 4.69) is 29.0 Å². The van der Waals surface area contributed by atoms with Gasteiger partial charge in [-0.25, -0.2) is 4.79 Å². The van der Waals surface area contributed by atoms with Gasteiger partial charge in [-0.3, -0.25) is 9.59 Å². The smallest absolute Gasteiger partial charge is 0.355 e. The van der Waals surface area contributed by atoms with Crippen LogP contribution in [0.1, 0.15) is 73.8 Å². The molecule has 1 aliphatic heterocycles. The Kier molecular flexibility index (Phi) is 10.9. The summed E-state index contributed by atoms with van der Waals surface area (Å²) in [6, 6.07) is 0. The van der Waals surface area contributed by atoms with E-state index in [1.807, 2.05) is 18.7 Å². The van der Waals surface area contributed by atoms with E-state index in [0.29, 0.717) is 44.8 Å². The van der Waals surface area contributed by atoms with Crippen molar-refractivity contribution in [3.63, 3.8) is 0 Å². The van der Waals surface area contributed by atoms with Crippen molar-refractivity contribution in [2.24, 2.45) is 5.92 Å². The molecule has 33 heavy (non-hydrogen) atoms. The quantitative estimate of drug-likeness (QED) is 0.368. The molecule has 1 saturated heterocycles. The summed E-state index contributed by atoms with van der Waals surface area (Å²) in [5, 5.41) is 3.06. The Morgan fingerprint density at radius 3 is 2.58 bits per heavy atom. The third-order valence-electron chi connectivity index (χ3n) is 6.65. The maximum atomic E-state index is 12.9. The number of nitrogens with one attached hydrogen (secondary N) is 2. The summed E-state index contributed by atoms with van der Waals surface area (Å²) in [6.45, 7) is 15.1.